The molecule has 0 saturated heterocycles. The average Bonchev–Trinajstić information content (AvgIpc) is 2.95. The second-order valence-electron chi connectivity index (χ2n) is 8.53. The normalized spacial score (nSPS) is 11.7. The lowest BCUT2D eigenvalue weighted by Gasteiger charge is -2.15. The fourth-order valence-electron chi connectivity index (χ4n) is 4.19. The van der Waals surface area contributed by atoms with E-state index < -0.39 is 21.8 Å². The van der Waals surface area contributed by atoms with E-state index in [9.17, 15) is 26.9 Å². The lowest BCUT2D eigenvalue weighted by molar-refractivity contribution is -0.137. The van der Waals surface area contributed by atoms with Crippen molar-refractivity contribution < 1.29 is 26.3 Å². The highest BCUT2D eigenvalue weighted by atomic mass is 32.2. The fourth-order valence-corrected chi connectivity index (χ4v) is 5.23. The number of pyridine rings is 1. The van der Waals surface area contributed by atoms with Gasteiger partial charge in [0.05, 0.1) is 34.9 Å². The number of alkyl halides is 3. The van der Waals surface area contributed by atoms with Gasteiger partial charge in [-0.25, -0.2) is 18.4 Å². The van der Waals surface area contributed by atoms with Crippen molar-refractivity contribution in [2.75, 3.05) is 11.8 Å². The molecule has 200 valence electrons. The molecule has 3 aromatic carbocycles. The Morgan fingerprint density at radius 3 is 2.35 bits per heavy atom. The molecule has 5 rings (SSSR count). The Hall–Kier alpha value is -5.02. The summed E-state index contributed by atoms with van der Waals surface area (Å²) in [6, 6.07) is 17.3. The maximum atomic E-state index is 13.0. The number of nitrogens with one attached hydrogen (secondary N) is 1. The largest absolute Gasteiger partial charge is 0.496 e. The summed E-state index contributed by atoms with van der Waals surface area (Å²) in [6.07, 6.45) is -0.346. The Morgan fingerprint density at radius 2 is 1.70 bits per heavy atom. The monoisotopic (exact) mass is 561 g/mol. The third-order valence-electron chi connectivity index (χ3n) is 6.11. The molecule has 0 aliphatic rings. The molecule has 0 atom stereocenters. The van der Waals surface area contributed by atoms with E-state index >= 15 is 0 Å². The zero-order valence-electron chi connectivity index (χ0n) is 20.6. The van der Waals surface area contributed by atoms with Crippen molar-refractivity contribution >= 4 is 26.6 Å². The van der Waals surface area contributed by atoms with E-state index in [1.165, 1.54) is 56.2 Å². The Kier molecular flexibility index (Phi) is 6.83. The number of aromatic nitrogens is 3. The first-order valence-electron chi connectivity index (χ1n) is 11.6. The van der Waals surface area contributed by atoms with Crippen LogP contribution in [0, 0.1) is 11.3 Å². The molecule has 0 saturated carbocycles. The van der Waals surface area contributed by atoms with Crippen LogP contribution in [0.4, 0.5) is 19.0 Å². The predicted octanol–water partition coefficient (Wildman–Crippen LogP) is 6.06. The topological polar surface area (TPSA) is 118 Å². The summed E-state index contributed by atoms with van der Waals surface area (Å²) >= 11 is 0. The molecule has 5 aromatic rings. The van der Waals surface area contributed by atoms with Crippen LogP contribution >= 0.6 is 0 Å². The molecule has 0 radical (unpaired) electrons. The van der Waals surface area contributed by atoms with Crippen LogP contribution in [0.15, 0.2) is 90.3 Å². The van der Waals surface area contributed by atoms with E-state index in [0.717, 1.165) is 12.1 Å². The molecule has 0 aliphatic heterocycles. The molecule has 2 heterocycles. The number of sulfonamides is 1. The number of nitrogens with zero attached hydrogens (tertiary/aromatic N) is 4. The number of hydrogen-bond acceptors (Lipinski definition) is 7. The summed E-state index contributed by atoms with van der Waals surface area (Å²) < 4.78 is 72.9. The molecular weight excluding hydrogens is 543 g/mol. The lowest BCUT2D eigenvalue weighted by Crippen LogP contribution is -2.13. The molecule has 0 unspecified atom stereocenters. The number of ether oxygens (including phenoxy) is 1. The van der Waals surface area contributed by atoms with Gasteiger partial charge in [-0.15, -0.1) is 0 Å². The fraction of sp³-hybridized carbons (Fsp3) is 0.0714. The molecule has 12 heteroatoms. The Labute approximate surface area is 226 Å². The molecular formula is C28H18F3N5O3S. The quantitative estimate of drug-likeness (QED) is 0.268. The molecule has 8 nitrogen and oxygen atoms in total. The van der Waals surface area contributed by atoms with Gasteiger partial charge >= 0.3 is 6.18 Å². The summed E-state index contributed by atoms with van der Waals surface area (Å²) in [6.45, 7) is 0. The standard InChI is InChI=1S/C28H18F3N5O3S/c1-39-25-14-23(17-2-4-20(5-3-17)28(29,30)31)19(15-32)13-24(25)27-22-7-6-21(12-18(22)8-11-34-27)40(37,38)36-26-9-10-33-16-35-26/h2-14,16H,1H3,(H,33,35,36). The van der Waals surface area contributed by atoms with E-state index in [-0.39, 0.29) is 16.3 Å². The Morgan fingerprint density at radius 1 is 0.925 bits per heavy atom. The molecule has 0 fully saturated rings. The van der Waals surface area contributed by atoms with Crippen LogP contribution in [0.3, 0.4) is 0 Å². The minimum Gasteiger partial charge on any atom is -0.496 e. The predicted molar refractivity (Wildman–Crippen MR) is 142 cm³/mol. The van der Waals surface area contributed by atoms with Crippen LogP contribution < -0.4 is 9.46 Å². The Bertz CT molecular complexity index is 1870. The number of benzene rings is 3. The summed E-state index contributed by atoms with van der Waals surface area (Å²) in [7, 11) is -2.53. The van der Waals surface area contributed by atoms with Gasteiger partial charge in [-0.2, -0.15) is 18.4 Å². The van der Waals surface area contributed by atoms with Gasteiger partial charge in [-0.1, -0.05) is 18.2 Å². The SMILES string of the molecule is COc1cc(-c2ccc(C(F)(F)F)cc2)c(C#N)cc1-c1nccc2cc(S(=O)(=O)Nc3ccncn3)ccc12. The molecule has 1 N–H and O–H groups in total. The number of hydrogen-bond donors (Lipinski definition) is 1. The summed E-state index contributed by atoms with van der Waals surface area (Å²) in [4.78, 5) is 12.1. The maximum absolute atomic E-state index is 13.0. The number of halogens is 3. The molecule has 0 bridgehead atoms. The second kappa shape index (κ2) is 10.3. The molecule has 0 spiro atoms. The van der Waals surface area contributed by atoms with Gasteiger partial charge in [-0.05, 0) is 59.5 Å². The molecule has 2 aromatic heterocycles. The molecule has 0 amide bonds. The number of fused-ring (bicyclic) bond motifs is 1. The lowest BCUT2D eigenvalue weighted by atomic mass is 9.94. The van der Waals surface area contributed by atoms with E-state index in [0.29, 0.717) is 38.9 Å². The zero-order valence-corrected chi connectivity index (χ0v) is 21.5. The van der Waals surface area contributed by atoms with Crippen molar-refractivity contribution in [2.24, 2.45) is 0 Å². The number of nitriles is 1. The minimum atomic E-state index is -4.48. The van der Waals surface area contributed by atoms with Crippen molar-refractivity contribution in [1.82, 2.24) is 15.0 Å². The maximum Gasteiger partial charge on any atom is 0.416 e. The van der Waals surface area contributed by atoms with Crippen LogP contribution in [0.2, 0.25) is 0 Å². The van der Waals surface area contributed by atoms with E-state index in [4.69, 9.17) is 4.74 Å². The number of anilines is 1. The summed E-state index contributed by atoms with van der Waals surface area (Å²) in [5.41, 5.74) is 1.08. The average molecular weight is 562 g/mol. The van der Waals surface area contributed by atoms with Gasteiger partial charge in [0.25, 0.3) is 10.0 Å². The minimum absolute atomic E-state index is 0.00177. The van der Waals surface area contributed by atoms with Crippen LogP contribution in [0.1, 0.15) is 11.1 Å². The first-order chi connectivity index (χ1) is 19.1. The van der Waals surface area contributed by atoms with Crippen molar-refractivity contribution in [1.29, 1.82) is 5.26 Å². The van der Waals surface area contributed by atoms with Gasteiger partial charge in [0, 0.05) is 28.9 Å². The van der Waals surface area contributed by atoms with Gasteiger partial charge < -0.3 is 4.74 Å². The van der Waals surface area contributed by atoms with Crippen molar-refractivity contribution in [3.8, 4) is 34.2 Å². The van der Waals surface area contributed by atoms with Crippen molar-refractivity contribution in [2.45, 2.75) is 11.1 Å². The van der Waals surface area contributed by atoms with Crippen LogP contribution in [0.25, 0.3) is 33.2 Å². The van der Waals surface area contributed by atoms with Gasteiger partial charge in [0.15, 0.2) is 0 Å². The first-order valence-corrected chi connectivity index (χ1v) is 13.1. The van der Waals surface area contributed by atoms with Crippen molar-refractivity contribution in [3.63, 3.8) is 0 Å². The van der Waals surface area contributed by atoms with Gasteiger partial charge in [0.1, 0.15) is 17.9 Å². The highest BCUT2D eigenvalue weighted by Gasteiger charge is 2.30. The van der Waals surface area contributed by atoms with Gasteiger partial charge in [0.2, 0.25) is 0 Å². The third kappa shape index (κ3) is 5.14. The summed E-state index contributed by atoms with van der Waals surface area (Å²) in [5, 5.41) is 11.0. The van der Waals surface area contributed by atoms with E-state index in [2.05, 4.69) is 25.7 Å². The van der Waals surface area contributed by atoms with Crippen LogP contribution in [-0.2, 0) is 16.2 Å². The van der Waals surface area contributed by atoms with Crippen LogP contribution in [0.5, 0.6) is 5.75 Å². The highest BCUT2D eigenvalue weighted by Crippen LogP contribution is 2.40. The zero-order chi connectivity index (χ0) is 28.5. The Balaban J connectivity index is 1.58. The van der Waals surface area contributed by atoms with E-state index in [1.54, 1.807) is 24.3 Å². The number of rotatable bonds is 6. The summed E-state index contributed by atoms with van der Waals surface area (Å²) in [5.74, 6) is 0.448. The highest BCUT2D eigenvalue weighted by molar-refractivity contribution is 7.92. The number of methoxy groups -OCH3 is 1. The van der Waals surface area contributed by atoms with Crippen molar-refractivity contribution in [3.05, 3.63) is 96.6 Å². The van der Waals surface area contributed by atoms with Crippen LogP contribution in [-0.4, -0.2) is 30.5 Å². The molecule has 0 aliphatic carbocycles. The van der Waals surface area contributed by atoms with E-state index in [1.807, 2.05) is 0 Å². The third-order valence-corrected chi connectivity index (χ3v) is 7.46. The van der Waals surface area contributed by atoms with Gasteiger partial charge in [-0.3, -0.25) is 9.71 Å². The molecule has 40 heavy (non-hydrogen) atoms. The second-order valence-corrected chi connectivity index (χ2v) is 10.2. The first kappa shape index (κ1) is 26.6. The smallest absolute Gasteiger partial charge is 0.416 e.